The Morgan fingerprint density at radius 2 is 2.10 bits per heavy atom. The number of allylic oxidation sites excluding steroid dienone is 3. The van der Waals surface area contributed by atoms with Gasteiger partial charge in [-0.1, -0.05) is 29.9 Å². The highest BCUT2D eigenvalue weighted by Crippen LogP contribution is 2.39. The van der Waals surface area contributed by atoms with Crippen LogP contribution in [0.1, 0.15) is 46.8 Å². The molecule has 1 aliphatic carbocycles. The Morgan fingerprint density at radius 1 is 1.37 bits per heavy atom. The molecule has 1 aliphatic heterocycles. The van der Waals surface area contributed by atoms with Gasteiger partial charge in [0.2, 0.25) is 5.78 Å². The average Bonchev–Trinajstić information content (AvgIpc) is 3.54. The van der Waals surface area contributed by atoms with Gasteiger partial charge >= 0.3 is 0 Å². The maximum Gasteiger partial charge on any atom is 0.271 e. The molecule has 0 unspecified atom stereocenters. The van der Waals surface area contributed by atoms with E-state index in [1.165, 1.54) is 17.6 Å². The zero-order valence-electron chi connectivity index (χ0n) is 16.8. The van der Waals surface area contributed by atoms with Crippen LogP contribution in [-0.4, -0.2) is 22.7 Å². The molecule has 1 fully saturated rings. The fourth-order valence-electron chi connectivity index (χ4n) is 3.43. The van der Waals surface area contributed by atoms with Crippen LogP contribution in [0.25, 0.3) is 0 Å². The summed E-state index contributed by atoms with van der Waals surface area (Å²) in [4.78, 5) is 27.3. The lowest BCUT2D eigenvalue weighted by Crippen LogP contribution is -2.24. The molecular weight excluding hydrogens is 401 g/mol. The minimum atomic E-state index is -0.427. The Kier molecular flexibility index (Phi) is 6.70. The van der Waals surface area contributed by atoms with Gasteiger partial charge in [0.1, 0.15) is 16.4 Å². The van der Waals surface area contributed by atoms with Crippen LogP contribution in [-0.2, 0) is 13.0 Å². The van der Waals surface area contributed by atoms with Crippen LogP contribution in [0.2, 0.25) is 0 Å². The fraction of sp³-hybridized carbons (Fsp3) is 0.304. The molecule has 1 saturated carbocycles. The van der Waals surface area contributed by atoms with Gasteiger partial charge in [0, 0.05) is 24.7 Å². The van der Waals surface area contributed by atoms with Crippen molar-refractivity contribution in [3.63, 3.8) is 0 Å². The van der Waals surface area contributed by atoms with E-state index < -0.39 is 17.2 Å². The predicted octanol–water partition coefficient (Wildman–Crippen LogP) is 3.54. The number of H-pyrrole nitrogens is 1. The van der Waals surface area contributed by atoms with Crippen molar-refractivity contribution in [3.8, 4) is 12.8 Å². The summed E-state index contributed by atoms with van der Waals surface area (Å²) < 4.78 is 17.3. The standard InChI is InChI=1S/C21H22FN3O2S.C2H2/c1-12(10-23)4-2-3-5-13-8-14-11-25(15-6-7-15)21-18(20(27)24-28-21)19(26)16(14)9-17(13)22;1-2/h2-4,8-9,15H,5-7,10-11,23H2,1H3,(H,24,27);1-2H/b3-2-,12-4+;. The second-order valence-electron chi connectivity index (χ2n) is 7.35. The SMILES string of the molecule is C#C.C/C(=C\C=C/Cc1cc2c(cc1F)C(=O)c1c(s[nH]c1=O)N(C1CC1)C2)CN. The lowest BCUT2D eigenvalue weighted by atomic mass is 9.97. The first-order chi connectivity index (χ1) is 14.5. The summed E-state index contributed by atoms with van der Waals surface area (Å²) in [6.45, 7) is 2.93. The van der Waals surface area contributed by atoms with E-state index in [2.05, 4.69) is 22.1 Å². The minimum absolute atomic E-state index is 0.144. The largest absolute Gasteiger partial charge is 0.354 e. The third-order valence-corrected chi connectivity index (χ3v) is 6.11. The molecule has 0 atom stereocenters. The van der Waals surface area contributed by atoms with Gasteiger partial charge in [-0.3, -0.25) is 14.0 Å². The van der Waals surface area contributed by atoms with Crippen LogP contribution < -0.4 is 16.2 Å². The molecule has 30 heavy (non-hydrogen) atoms. The third-order valence-electron chi connectivity index (χ3n) is 5.19. The van der Waals surface area contributed by atoms with Gasteiger partial charge in [-0.15, -0.1) is 12.8 Å². The van der Waals surface area contributed by atoms with Crippen molar-refractivity contribution in [1.29, 1.82) is 0 Å². The van der Waals surface area contributed by atoms with Gasteiger partial charge < -0.3 is 10.6 Å². The Labute approximate surface area is 179 Å². The molecule has 3 N–H and O–H groups in total. The van der Waals surface area contributed by atoms with Crippen molar-refractivity contribution in [2.24, 2.45) is 5.73 Å². The zero-order valence-corrected chi connectivity index (χ0v) is 17.6. The first-order valence-electron chi connectivity index (χ1n) is 9.69. The van der Waals surface area contributed by atoms with E-state index in [0.717, 1.165) is 24.0 Å². The number of nitrogens with two attached hydrogens (primary N) is 1. The molecule has 1 aromatic carbocycles. The minimum Gasteiger partial charge on any atom is -0.354 e. The number of nitrogens with one attached hydrogen (secondary N) is 1. The van der Waals surface area contributed by atoms with Crippen molar-refractivity contribution in [1.82, 2.24) is 4.37 Å². The normalized spacial score (nSPS) is 16.0. The summed E-state index contributed by atoms with van der Waals surface area (Å²) in [7, 11) is 0. The van der Waals surface area contributed by atoms with E-state index in [9.17, 15) is 14.0 Å². The Hall–Kier alpha value is -2.95. The number of hydrogen-bond donors (Lipinski definition) is 2. The number of aromatic amines is 1. The average molecular weight is 426 g/mol. The van der Waals surface area contributed by atoms with Gasteiger partial charge in [0.15, 0.2) is 0 Å². The molecule has 5 nitrogen and oxygen atoms in total. The number of carbonyl (C=O) groups is 1. The van der Waals surface area contributed by atoms with Crippen LogP contribution >= 0.6 is 11.5 Å². The number of hydrogen-bond acceptors (Lipinski definition) is 5. The molecule has 2 aliphatic rings. The first kappa shape index (κ1) is 21.8. The zero-order chi connectivity index (χ0) is 21.8. The first-order valence-corrected chi connectivity index (χ1v) is 10.5. The predicted molar refractivity (Wildman–Crippen MR) is 120 cm³/mol. The smallest absolute Gasteiger partial charge is 0.271 e. The highest BCUT2D eigenvalue weighted by molar-refractivity contribution is 7.10. The van der Waals surface area contributed by atoms with Crippen molar-refractivity contribution >= 4 is 22.3 Å². The quantitative estimate of drug-likeness (QED) is 0.567. The van der Waals surface area contributed by atoms with Gasteiger partial charge in [-0.25, -0.2) is 4.39 Å². The summed E-state index contributed by atoms with van der Waals surface area (Å²) in [6, 6.07) is 3.40. The number of ketones is 1. The molecule has 156 valence electrons. The molecular formula is C23H24FN3O2S. The number of rotatable bonds is 5. The van der Waals surface area contributed by atoms with Gasteiger partial charge in [-0.2, -0.15) is 0 Å². The fourth-order valence-corrected chi connectivity index (χ4v) is 4.34. The lowest BCUT2D eigenvalue weighted by molar-refractivity contribution is 0.103. The number of carbonyl (C=O) groups excluding carboxylic acids is 1. The molecule has 0 amide bonds. The maximum atomic E-state index is 14.7. The highest BCUT2D eigenvalue weighted by atomic mass is 32.1. The molecule has 1 aromatic heterocycles. The van der Waals surface area contributed by atoms with Crippen LogP contribution in [0.15, 0.2) is 40.7 Å². The van der Waals surface area contributed by atoms with Gasteiger partial charge in [0.05, 0.1) is 0 Å². The van der Waals surface area contributed by atoms with E-state index in [4.69, 9.17) is 5.73 Å². The summed E-state index contributed by atoms with van der Waals surface area (Å²) in [5.74, 6) is -0.817. The van der Waals surface area contributed by atoms with Crippen LogP contribution in [0.3, 0.4) is 0 Å². The number of anilines is 1. The molecule has 0 spiro atoms. The van der Waals surface area contributed by atoms with Crippen LogP contribution in [0, 0.1) is 18.7 Å². The van der Waals surface area contributed by atoms with Crippen molar-refractivity contribution in [2.75, 3.05) is 11.4 Å². The van der Waals surface area contributed by atoms with E-state index in [-0.39, 0.29) is 11.1 Å². The van der Waals surface area contributed by atoms with Crippen molar-refractivity contribution in [3.05, 3.63) is 74.4 Å². The van der Waals surface area contributed by atoms with E-state index in [1.807, 2.05) is 25.2 Å². The molecule has 0 saturated heterocycles. The maximum absolute atomic E-state index is 14.7. The molecule has 7 heteroatoms. The molecule has 2 aromatic rings. The lowest BCUT2D eigenvalue weighted by Gasteiger charge is -2.22. The summed E-state index contributed by atoms with van der Waals surface area (Å²) >= 11 is 1.19. The Bertz CT molecular complexity index is 1090. The number of halogens is 1. The van der Waals surface area contributed by atoms with Crippen LogP contribution in [0.5, 0.6) is 0 Å². The molecule has 0 radical (unpaired) electrons. The second kappa shape index (κ2) is 9.24. The van der Waals surface area contributed by atoms with Gasteiger partial charge in [0.25, 0.3) is 5.56 Å². The third kappa shape index (κ3) is 4.30. The topological polar surface area (TPSA) is 79.2 Å². The molecule has 4 rings (SSSR count). The summed E-state index contributed by atoms with van der Waals surface area (Å²) in [5, 5.41) is 0.679. The second-order valence-corrected chi connectivity index (χ2v) is 8.15. The Balaban J connectivity index is 0.00000124. The number of nitrogens with zero attached hydrogens (tertiary/aromatic N) is 1. The van der Waals surface area contributed by atoms with Crippen molar-refractivity contribution < 1.29 is 9.18 Å². The molecule has 0 bridgehead atoms. The Morgan fingerprint density at radius 3 is 2.77 bits per heavy atom. The summed E-state index contributed by atoms with van der Waals surface area (Å²) in [5.41, 5.74) is 7.95. The van der Waals surface area contributed by atoms with Gasteiger partial charge in [-0.05, 0) is 54.9 Å². The monoisotopic (exact) mass is 425 g/mol. The van der Waals surface area contributed by atoms with E-state index in [0.29, 0.717) is 36.1 Å². The van der Waals surface area contributed by atoms with E-state index >= 15 is 0 Å². The van der Waals surface area contributed by atoms with Crippen molar-refractivity contribution in [2.45, 2.75) is 38.8 Å². The van der Waals surface area contributed by atoms with E-state index in [1.54, 1.807) is 6.07 Å². The number of aromatic nitrogens is 1. The number of benzene rings is 1. The summed E-state index contributed by atoms with van der Waals surface area (Å²) in [6.07, 6.45) is 16.2. The number of fused-ring (bicyclic) bond motifs is 2. The molecule has 2 heterocycles. The number of terminal acetylenes is 1. The highest BCUT2D eigenvalue weighted by Gasteiger charge is 2.37. The van der Waals surface area contributed by atoms with Crippen LogP contribution in [0.4, 0.5) is 9.39 Å².